The number of aliphatic hydroxyl groups is 1. The van der Waals surface area contributed by atoms with Gasteiger partial charge in [-0.15, -0.1) is 13.2 Å². The van der Waals surface area contributed by atoms with Crippen molar-refractivity contribution >= 4 is 0 Å². The molecule has 0 aromatic heterocycles. The Labute approximate surface area is 136 Å². The van der Waals surface area contributed by atoms with Gasteiger partial charge in [0.25, 0.3) is 0 Å². The molecular weight excluding hydrogens is 276 g/mol. The SMILES string of the molecule is C=CCCC/C=C/COCC(CO)OC/C=C/CCCC=C. The Balaban J connectivity index is 3.53. The molecule has 1 atom stereocenters. The van der Waals surface area contributed by atoms with E-state index in [9.17, 15) is 5.11 Å². The zero-order chi connectivity index (χ0) is 16.3. The second-order valence-corrected chi connectivity index (χ2v) is 5.06. The molecule has 0 heterocycles. The molecule has 0 radical (unpaired) electrons. The van der Waals surface area contributed by atoms with Crippen molar-refractivity contribution in [2.45, 2.75) is 44.6 Å². The molecule has 0 saturated carbocycles. The molecule has 0 rings (SSSR count). The fourth-order valence-corrected chi connectivity index (χ4v) is 1.74. The van der Waals surface area contributed by atoms with Crippen LogP contribution >= 0.6 is 0 Å². The molecular formula is C19H32O3. The van der Waals surface area contributed by atoms with Gasteiger partial charge in [-0.3, -0.25) is 0 Å². The Morgan fingerprint density at radius 3 is 1.95 bits per heavy atom. The first-order chi connectivity index (χ1) is 10.8. The zero-order valence-corrected chi connectivity index (χ0v) is 13.8. The van der Waals surface area contributed by atoms with E-state index in [0.29, 0.717) is 19.8 Å². The first kappa shape index (κ1) is 20.8. The Morgan fingerprint density at radius 1 is 0.818 bits per heavy atom. The van der Waals surface area contributed by atoms with Crippen LogP contribution in [0.25, 0.3) is 0 Å². The normalized spacial score (nSPS) is 13.0. The highest BCUT2D eigenvalue weighted by Crippen LogP contribution is 1.99. The summed E-state index contributed by atoms with van der Waals surface area (Å²) in [6, 6.07) is 0. The molecule has 126 valence electrons. The maximum absolute atomic E-state index is 9.23. The summed E-state index contributed by atoms with van der Waals surface area (Å²) in [4.78, 5) is 0. The number of hydrogen-bond donors (Lipinski definition) is 1. The van der Waals surface area contributed by atoms with Gasteiger partial charge in [-0.25, -0.2) is 0 Å². The molecule has 0 aliphatic heterocycles. The summed E-state index contributed by atoms with van der Waals surface area (Å²) in [5, 5.41) is 9.23. The number of unbranched alkanes of at least 4 members (excludes halogenated alkanes) is 4. The molecule has 1 N–H and O–H groups in total. The van der Waals surface area contributed by atoms with Gasteiger partial charge in [-0.1, -0.05) is 36.5 Å². The minimum atomic E-state index is -0.257. The van der Waals surface area contributed by atoms with Gasteiger partial charge in [0.05, 0.1) is 26.4 Å². The fraction of sp³-hybridized carbons (Fsp3) is 0.579. The van der Waals surface area contributed by atoms with Crippen molar-refractivity contribution in [3.8, 4) is 0 Å². The van der Waals surface area contributed by atoms with E-state index in [1.54, 1.807) is 0 Å². The maximum atomic E-state index is 9.23. The second kappa shape index (κ2) is 17.9. The predicted octanol–water partition coefficient (Wildman–Crippen LogP) is 4.21. The molecule has 1 unspecified atom stereocenters. The van der Waals surface area contributed by atoms with E-state index in [-0.39, 0.29) is 12.7 Å². The van der Waals surface area contributed by atoms with Crippen LogP contribution in [0.2, 0.25) is 0 Å². The molecule has 0 saturated heterocycles. The Bertz CT molecular complexity index is 308. The largest absolute Gasteiger partial charge is 0.394 e. The van der Waals surface area contributed by atoms with Gasteiger partial charge >= 0.3 is 0 Å². The van der Waals surface area contributed by atoms with E-state index >= 15 is 0 Å². The van der Waals surface area contributed by atoms with Crippen LogP contribution in [-0.4, -0.2) is 37.6 Å². The molecule has 0 aliphatic carbocycles. The monoisotopic (exact) mass is 308 g/mol. The second-order valence-electron chi connectivity index (χ2n) is 5.06. The minimum absolute atomic E-state index is 0.0205. The van der Waals surface area contributed by atoms with Crippen molar-refractivity contribution in [2.24, 2.45) is 0 Å². The van der Waals surface area contributed by atoms with Crippen LogP contribution in [0, 0.1) is 0 Å². The van der Waals surface area contributed by atoms with Crippen molar-refractivity contribution in [1.29, 1.82) is 0 Å². The number of ether oxygens (including phenoxy) is 2. The summed E-state index contributed by atoms with van der Waals surface area (Å²) in [5.41, 5.74) is 0. The van der Waals surface area contributed by atoms with E-state index < -0.39 is 0 Å². The molecule has 0 fully saturated rings. The van der Waals surface area contributed by atoms with E-state index in [1.165, 1.54) is 0 Å². The van der Waals surface area contributed by atoms with Crippen LogP contribution in [0.3, 0.4) is 0 Å². The number of aliphatic hydroxyl groups excluding tert-OH is 1. The highest BCUT2D eigenvalue weighted by Gasteiger charge is 2.05. The lowest BCUT2D eigenvalue weighted by Crippen LogP contribution is -2.24. The van der Waals surface area contributed by atoms with E-state index in [2.05, 4.69) is 25.3 Å². The van der Waals surface area contributed by atoms with Gasteiger partial charge in [-0.2, -0.15) is 0 Å². The summed E-state index contributed by atoms with van der Waals surface area (Å²) in [6.45, 7) is 8.85. The average Bonchev–Trinajstić information content (AvgIpc) is 2.54. The van der Waals surface area contributed by atoms with Crippen LogP contribution in [0.1, 0.15) is 38.5 Å². The standard InChI is InChI=1S/C19H32O3/c1-3-5-7-9-11-13-15-21-18-19(17-20)22-16-14-12-10-8-6-4-2/h3-4,11-14,19-20H,1-2,5-10,15-18H2/b13-11+,14-12+. The molecule has 0 aliphatic rings. The first-order valence-electron chi connectivity index (χ1n) is 8.17. The predicted molar refractivity (Wildman–Crippen MR) is 94.0 cm³/mol. The van der Waals surface area contributed by atoms with Crippen LogP contribution in [0.4, 0.5) is 0 Å². The number of rotatable bonds is 16. The van der Waals surface area contributed by atoms with Crippen LogP contribution < -0.4 is 0 Å². The average molecular weight is 308 g/mol. The summed E-state index contributed by atoms with van der Waals surface area (Å²) in [6.07, 6.45) is 18.2. The Hall–Kier alpha value is -1.16. The molecule has 0 aromatic rings. The molecule has 3 heteroatoms. The van der Waals surface area contributed by atoms with Gasteiger partial charge in [0.15, 0.2) is 0 Å². The first-order valence-corrected chi connectivity index (χ1v) is 8.17. The lowest BCUT2D eigenvalue weighted by molar-refractivity contribution is -0.0270. The van der Waals surface area contributed by atoms with Crippen molar-refractivity contribution in [2.75, 3.05) is 26.4 Å². The lowest BCUT2D eigenvalue weighted by atomic mass is 10.2. The summed E-state index contributed by atoms with van der Waals surface area (Å²) in [7, 11) is 0. The van der Waals surface area contributed by atoms with Gasteiger partial charge in [0.2, 0.25) is 0 Å². The van der Waals surface area contributed by atoms with Crippen molar-refractivity contribution in [3.63, 3.8) is 0 Å². The number of allylic oxidation sites excluding steroid dienone is 4. The van der Waals surface area contributed by atoms with E-state index in [0.717, 1.165) is 38.5 Å². The van der Waals surface area contributed by atoms with Gasteiger partial charge in [-0.05, 0) is 38.5 Å². The third-order valence-corrected chi connectivity index (χ3v) is 3.04. The van der Waals surface area contributed by atoms with Crippen LogP contribution in [0.15, 0.2) is 49.6 Å². The van der Waals surface area contributed by atoms with Crippen molar-refractivity contribution < 1.29 is 14.6 Å². The van der Waals surface area contributed by atoms with Crippen LogP contribution in [-0.2, 0) is 9.47 Å². The molecule has 0 bridgehead atoms. The minimum Gasteiger partial charge on any atom is -0.394 e. The fourth-order valence-electron chi connectivity index (χ4n) is 1.74. The highest BCUT2D eigenvalue weighted by molar-refractivity contribution is 4.84. The van der Waals surface area contributed by atoms with E-state index in [1.807, 2.05) is 24.3 Å². The van der Waals surface area contributed by atoms with Gasteiger partial charge < -0.3 is 14.6 Å². The Kier molecular flexibility index (Phi) is 16.9. The summed E-state index contributed by atoms with van der Waals surface area (Å²) < 4.78 is 11.0. The zero-order valence-electron chi connectivity index (χ0n) is 13.8. The molecule has 3 nitrogen and oxygen atoms in total. The van der Waals surface area contributed by atoms with Gasteiger partial charge in [0.1, 0.15) is 6.10 Å². The summed E-state index contributed by atoms with van der Waals surface area (Å²) in [5.74, 6) is 0. The third-order valence-electron chi connectivity index (χ3n) is 3.04. The molecule has 22 heavy (non-hydrogen) atoms. The summed E-state index contributed by atoms with van der Waals surface area (Å²) >= 11 is 0. The quantitative estimate of drug-likeness (QED) is 0.343. The van der Waals surface area contributed by atoms with Gasteiger partial charge in [0, 0.05) is 0 Å². The van der Waals surface area contributed by atoms with Crippen molar-refractivity contribution in [3.05, 3.63) is 49.6 Å². The van der Waals surface area contributed by atoms with Crippen LogP contribution in [0.5, 0.6) is 0 Å². The maximum Gasteiger partial charge on any atom is 0.104 e. The molecule has 0 amide bonds. The highest BCUT2D eigenvalue weighted by atomic mass is 16.5. The molecule has 0 aromatic carbocycles. The molecule has 0 spiro atoms. The Morgan fingerprint density at radius 2 is 1.41 bits per heavy atom. The topological polar surface area (TPSA) is 38.7 Å². The van der Waals surface area contributed by atoms with Crippen molar-refractivity contribution in [1.82, 2.24) is 0 Å². The lowest BCUT2D eigenvalue weighted by Gasteiger charge is -2.13. The smallest absolute Gasteiger partial charge is 0.104 e. The van der Waals surface area contributed by atoms with E-state index in [4.69, 9.17) is 9.47 Å². The number of hydrogen-bond acceptors (Lipinski definition) is 3. The third kappa shape index (κ3) is 15.2.